The van der Waals surface area contributed by atoms with Crippen LogP contribution in [0.15, 0.2) is 72.8 Å². The minimum Gasteiger partial charge on any atom is -0.368 e. The second kappa shape index (κ2) is 9.70. The molecule has 0 atom stereocenters. The number of piperazine rings is 1. The van der Waals surface area contributed by atoms with Crippen LogP contribution >= 0.6 is 34.2 Å². The second-order valence-corrected chi connectivity index (χ2v) is 8.98. The highest BCUT2D eigenvalue weighted by Gasteiger charge is 2.22. The van der Waals surface area contributed by atoms with E-state index in [-0.39, 0.29) is 11.8 Å². The first-order valence-electron chi connectivity index (χ1n) is 9.96. The van der Waals surface area contributed by atoms with E-state index in [1.165, 1.54) is 0 Å². The standard InChI is InChI=1S/C24H21ClIN3O2/c25-19-5-1-18(2-6-19)24(31)29-15-13-28(14-16-29)22-11-9-21(10-12-22)27-23(30)17-3-7-20(26)8-4-17/h1-12H,13-16H2,(H,27,30). The molecule has 4 rings (SSSR count). The molecule has 0 bridgehead atoms. The Hall–Kier alpha value is -2.58. The lowest BCUT2D eigenvalue weighted by Gasteiger charge is -2.36. The molecule has 0 unspecified atom stereocenters. The zero-order valence-electron chi connectivity index (χ0n) is 16.7. The van der Waals surface area contributed by atoms with Gasteiger partial charge in [0.15, 0.2) is 0 Å². The van der Waals surface area contributed by atoms with Crippen molar-refractivity contribution >= 4 is 57.4 Å². The Morgan fingerprint density at radius 3 is 1.97 bits per heavy atom. The Morgan fingerprint density at radius 1 is 0.774 bits per heavy atom. The monoisotopic (exact) mass is 545 g/mol. The number of hydrogen-bond donors (Lipinski definition) is 1. The molecule has 3 aromatic carbocycles. The molecule has 1 saturated heterocycles. The van der Waals surface area contributed by atoms with Crippen molar-refractivity contribution in [1.29, 1.82) is 0 Å². The van der Waals surface area contributed by atoms with Gasteiger partial charge in [-0.05, 0) is 95.4 Å². The van der Waals surface area contributed by atoms with E-state index in [1.54, 1.807) is 24.3 Å². The number of carbonyl (C=O) groups is 2. The van der Waals surface area contributed by atoms with Crippen molar-refractivity contribution in [2.75, 3.05) is 36.4 Å². The summed E-state index contributed by atoms with van der Waals surface area (Å²) < 4.78 is 1.09. The van der Waals surface area contributed by atoms with Crippen LogP contribution in [0.1, 0.15) is 20.7 Å². The van der Waals surface area contributed by atoms with Crippen LogP contribution in [0.3, 0.4) is 0 Å². The summed E-state index contributed by atoms with van der Waals surface area (Å²) in [6.45, 7) is 2.83. The highest BCUT2D eigenvalue weighted by molar-refractivity contribution is 14.1. The largest absolute Gasteiger partial charge is 0.368 e. The van der Waals surface area contributed by atoms with Crippen LogP contribution < -0.4 is 10.2 Å². The topological polar surface area (TPSA) is 52.7 Å². The summed E-state index contributed by atoms with van der Waals surface area (Å²) in [5, 5.41) is 3.55. The molecule has 1 heterocycles. The molecule has 1 N–H and O–H groups in total. The van der Waals surface area contributed by atoms with Gasteiger partial charge in [0.1, 0.15) is 0 Å². The van der Waals surface area contributed by atoms with E-state index in [4.69, 9.17) is 11.6 Å². The Bertz CT molecular complexity index is 1060. The Kier molecular flexibility index (Phi) is 6.77. The minimum atomic E-state index is -0.126. The first kappa shape index (κ1) is 21.6. The van der Waals surface area contributed by atoms with Gasteiger partial charge >= 0.3 is 0 Å². The number of halogens is 2. The SMILES string of the molecule is O=C(Nc1ccc(N2CCN(C(=O)c3ccc(Cl)cc3)CC2)cc1)c1ccc(I)cc1. The third-order valence-corrected chi connectivity index (χ3v) is 6.23. The fraction of sp³-hybridized carbons (Fsp3) is 0.167. The van der Waals surface area contributed by atoms with Crippen LogP contribution in [0.25, 0.3) is 0 Å². The molecule has 31 heavy (non-hydrogen) atoms. The predicted molar refractivity (Wildman–Crippen MR) is 133 cm³/mol. The fourth-order valence-electron chi connectivity index (χ4n) is 3.50. The van der Waals surface area contributed by atoms with Crippen LogP contribution in [0.5, 0.6) is 0 Å². The summed E-state index contributed by atoms with van der Waals surface area (Å²) in [4.78, 5) is 29.2. The van der Waals surface area contributed by atoms with E-state index in [1.807, 2.05) is 53.4 Å². The first-order chi connectivity index (χ1) is 15.0. The normalized spacial score (nSPS) is 13.7. The molecule has 5 nitrogen and oxygen atoms in total. The van der Waals surface area contributed by atoms with E-state index >= 15 is 0 Å². The molecule has 0 saturated carbocycles. The molecule has 3 aromatic rings. The quantitative estimate of drug-likeness (QED) is 0.461. The van der Waals surface area contributed by atoms with Crippen molar-refractivity contribution in [2.45, 2.75) is 0 Å². The van der Waals surface area contributed by atoms with Crippen LogP contribution in [-0.2, 0) is 0 Å². The van der Waals surface area contributed by atoms with Crippen molar-refractivity contribution in [3.8, 4) is 0 Å². The van der Waals surface area contributed by atoms with Gasteiger partial charge in [-0.1, -0.05) is 11.6 Å². The van der Waals surface area contributed by atoms with E-state index in [9.17, 15) is 9.59 Å². The maximum Gasteiger partial charge on any atom is 0.255 e. The Labute approximate surface area is 200 Å². The smallest absolute Gasteiger partial charge is 0.255 e. The summed E-state index contributed by atoms with van der Waals surface area (Å²) in [5.74, 6) is -0.0940. The Morgan fingerprint density at radius 2 is 1.35 bits per heavy atom. The van der Waals surface area contributed by atoms with Gasteiger partial charge in [-0.25, -0.2) is 0 Å². The molecular weight excluding hydrogens is 525 g/mol. The molecule has 0 spiro atoms. The molecule has 0 aliphatic carbocycles. The maximum atomic E-state index is 12.7. The number of nitrogens with one attached hydrogen (secondary N) is 1. The Balaban J connectivity index is 1.33. The van der Waals surface area contributed by atoms with E-state index in [2.05, 4.69) is 32.8 Å². The molecule has 158 valence electrons. The highest BCUT2D eigenvalue weighted by Crippen LogP contribution is 2.21. The van der Waals surface area contributed by atoms with Gasteiger partial charge in [-0.15, -0.1) is 0 Å². The summed E-state index contributed by atoms with van der Waals surface area (Å²) in [6, 6.07) is 22.3. The highest BCUT2D eigenvalue weighted by atomic mass is 127. The van der Waals surface area contributed by atoms with Crippen molar-refractivity contribution in [2.24, 2.45) is 0 Å². The van der Waals surface area contributed by atoms with Gasteiger partial charge < -0.3 is 15.1 Å². The second-order valence-electron chi connectivity index (χ2n) is 7.29. The first-order valence-corrected chi connectivity index (χ1v) is 11.4. The predicted octanol–water partition coefficient (Wildman–Crippen LogP) is 5.16. The minimum absolute atomic E-state index is 0.0324. The zero-order chi connectivity index (χ0) is 21.8. The molecule has 0 aromatic heterocycles. The number of nitrogens with zero attached hydrogens (tertiary/aromatic N) is 2. The van der Waals surface area contributed by atoms with Crippen molar-refractivity contribution in [1.82, 2.24) is 4.90 Å². The van der Waals surface area contributed by atoms with Crippen LogP contribution in [0.2, 0.25) is 5.02 Å². The molecule has 2 amide bonds. The number of rotatable bonds is 4. The maximum absolute atomic E-state index is 12.7. The summed E-state index contributed by atoms with van der Waals surface area (Å²) in [5.41, 5.74) is 3.12. The average molecular weight is 546 g/mol. The molecule has 1 aliphatic heterocycles. The van der Waals surface area contributed by atoms with Crippen LogP contribution in [0.4, 0.5) is 11.4 Å². The number of carbonyl (C=O) groups excluding carboxylic acids is 2. The fourth-order valence-corrected chi connectivity index (χ4v) is 3.99. The lowest BCUT2D eigenvalue weighted by Crippen LogP contribution is -2.48. The summed E-state index contributed by atoms with van der Waals surface area (Å²) in [7, 11) is 0. The van der Waals surface area contributed by atoms with Gasteiger partial charge in [-0.2, -0.15) is 0 Å². The van der Waals surface area contributed by atoms with Gasteiger partial charge in [0.05, 0.1) is 0 Å². The number of anilines is 2. The third-order valence-electron chi connectivity index (χ3n) is 5.25. The van der Waals surface area contributed by atoms with Crippen molar-refractivity contribution < 1.29 is 9.59 Å². The third kappa shape index (κ3) is 5.37. The van der Waals surface area contributed by atoms with E-state index in [0.717, 1.165) is 28.0 Å². The van der Waals surface area contributed by atoms with Gasteiger partial charge in [0.25, 0.3) is 11.8 Å². The lowest BCUT2D eigenvalue weighted by molar-refractivity contribution is 0.0746. The van der Waals surface area contributed by atoms with Crippen molar-refractivity contribution in [3.63, 3.8) is 0 Å². The number of amides is 2. The van der Waals surface area contributed by atoms with E-state index in [0.29, 0.717) is 29.2 Å². The van der Waals surface area contributed by atoms with E-state index < -0.39 is 0 Å². The van der Waals surface area contributed by atoms with Gasteiger partial charge in [-0.3, -0.25) is 9.59 Å². The summed E-state index contributed by atoms with van der Waals surface area (Å²) >= 11 is 8.12. The van der Waals surface area contributed by atoms with Crippen LogP contribution in [0, 0.1) is 3.57 Å². The lowest BCUT2D eigenvalue weighted by atomic mass is 10.1. The van der Waals surface area contributed by atoms with Gasteiger partial charge in [0, 0.05) is 57.3 Å². The zero-order valence-corrected chi connectivity index (χ0v) is 19.6. The van der Waals surface area contributed by atoms with Crippen molar-refractivity contribution in [3.05, 3.63) is 92.5 Å². The average Bonchev–Trinajstić information content (AvgIpc) is 2.80. The number of hydrogen-bond acceptors (Lipinski definition) is 3. The molecule has 1 aliphatic rings. The van der Waals surface area contributed by atoms with Gasteiger partial charge in [0.2, 0.25) is 0 Å². The molecule has 0 radical (unpaired) electrons. The molecular formula is C24H21ClIN3O2. The summed E-state index contributed by atoms with van der Waals surface area (Å²) in [6.07, 6.45) is 0. The molecule has 1 fully saturated rings. The van der Waals surface area contributed by atoms with Crippen LogP contribution in [-0.4, -0.2) is 42.9 Å². The molecule has 7 heteroatoms. The number of benzene rings is 3.